The first kappa shape index (κ1) is 56.0. The third kappa shape index (κ3) is 11.6. The second-order valence-corrected chi connectivity index (χ2v) is 18.2. The minimum absolute atomic E-state index is 0. The van der Waals surface area contributed by atoms with Gasteiger partial charge in [-0.15, -0.1) is 10.2 Å². The smallest absolute Gasteiger partial charge is 0.296 e. The van der Waals surface area contributed by atoms with Gasteiger partial charge in [0.1, 0.15) is 26.1 Å². The Kier molecular flexibility index (Phi) is 18.6. The first-order chi connectivity index (χ1) is 26.8. The van der Waals surface area contributed by atoms with Gasteiger partial charge in [-0.05, 0) is 96.1 Å². The monoisotopic (exact) mass is 964 g/mol. The summed E-state index contributed by atoms with van der Waals surface area (Å²) in [4.78, 5) is -3.62. The summed E-state index contributed by atoms with van der Waals surface area (Å²) >= 11 is 0. The number of nitrogens with two attached hydrogens (primary N) is 2. The summed E-state index contributed by atoms with van der Waals surface area (Å²) in [5.74, 6) is -1.63. The molecule has 0 unspecified atom stereocenters. The van der Waals surface area contributed by atoms with Crippen molar-refractivity contribution in [2.45, 2.75) is 33.4 Å². The quantitative estimate of drug-likeness (QED) is 0.0402. The maximum absolute atomic E-state index is 12.3. The van der Waals surface area contributed by atoms with Gasteiger partial charge in [0.05, 0.1) is 27.3 Å². The molecule has 0 aromatic heterocycles. The van der Waals surface area contributed by atoms with Crippen LogP contribution in [0.3, 0.4) is 0 Å². The van der Waals surface area contributed by atoms with E-state index in [9.17, 15) is 62.1 Å². The van der Waals surface area contributed by atoms with Gasteiger partial charge in [0.15, 0.2) is 11.5 Å². The first-order valence-corrected chi connectivity index (χ1v) is 21.7. The zero-order valence-corrected chi connectivity index (χ0v) is 44.7. The van der Waals surface area contributed by atoms with E-state index < -0.39 is 88.3 Å². The Hall–Kier alpha value is -2.12. The van der Waals surface area contributed by atoms with Crippen LogP contribution in [-0.4, -0.2) is 180 Å². The Balaban J connectivity index is 0.00000331. The van der Waals surface area contributed by atoms with E-state index in [0.717, 1.165) is 30.3 Å². The van der Waals surface area contributed by atoms with Crippen molar-refractivity contribution < 1.29 is 62.1 Å². The van der Waals surface area contributed by atoms with E-state index in [-0.39, 0.29) is 151 Å². The predicted molar refractivity (Wildman–Crippen MR) is 232 cm³/mol. The molecular formula is C34H28N6Na4O14S4. The Morgan fingerprint density at radius 3 is 1.42 bits per heavy atom. The van der Waals surface area contributed by atoms with Crippen LogP contribution in [0.4, 0.5) is 34.1 Å². The molecule has 0 aliphatic carbocycles. The molecule has 0 bridgehead atoms. The molecule has 0 amide bonds. The molecule has 0 spiro atoms. The fraction of sp³-hybridized carbons (Fsp3) is 0.0588. The number of nitrogens with zero attached hydrogens (tertiary/aromatic N) is 4. The van der Waals surface area contributed by atoms with Crippen LogP contribution in [0.2, 0.25) is 0 Å². The number of hydrogen-bond acceptors (Lipinski definition) is 16. The molecule has 10 N–H and O–H groups in total. The minimum Gasteiger partial charge on any atom is -0.505 e. The van der Waals surface area contributed by atoms with Gasteiger partial charge < -0.3 is 21.7 Å². The molecule has 0 fully saturated rings. The number of nitrogen functional groups attached to an aromatic ring is 2. The molecule has 28 heteroatoms. The third-order valence-corrected chi connectivity index (χ3v) is 12.2. The van der Waals surface area contributed by atoms with Crippen LogP contribution < -0.4 is 11.5 Å². The van der Waals surface area contributed by atoms with Crippen LogP contribution in [0, 0.1) is 13.8 Å². The van der Waals surface area contributed by atoms with Gasteiger partial charge in [-0.1, -0.05) is 18.2 Å². The molecule has 0 aliphatic rings. The van der Waals surface area contributed by atoms with Gasteiger partial charge in [0.25, 0.3) is 40.5 Å². The number of azo groups is 2. The molecule has 20 nitrogen and oxygen atoms in total. The van der Waals surface area contributed by atoms with E-state index in [1.807, 2.05) is 0 Å². The number of fused-ring (bicyclic) bond motifs is 2. The Morgan fingerprint density at radius 1 is 0.484 bits per heavy atom. The fourth-order valence-corrected chi connectivity index (χ4v) is 8.65. The zero-order chi connectivity index (χ0) is 42.9. The maximum atomic E-state index is 12.3. The number of phenolic OH excluding ortho intramolecular Hbond substituents is 2. The van der Waals surface area contributed by atoms with Crippen molar-refractivity contribution in [1.82, 2.24) is 0 Å². The molecule has 6 aromatic rings. The topological polar surface area (TPSA) is 359 Å². The van der Waals surface area contributed by atoms with Crippen molar-refractivity contribution in [2.24, 2.45) is 20.5 Å². The van der Waals surface area contributed by atoms with Gasteiger partial charge in [-0.3, -0.25) is 18.2 Å². The summed E-state index contributed by atoms with van der Waals surface area (Å²) in [6, 6.07) is 15.1. The molecule has 6 rings (SSSR count). The van der Waals surface area contributed by atoms with Gasteiger partial charge >= 0.3 is 0 Å². The van der Waals surface area contributed by atoms with E-state index in [2.05, 4.69) is 20.5 Å². The SMILES string of the molecule is Cc1cc(-c2ccc(N=Nc3c(S(=O)(=O)O)cc4cc(S(=O)(=O)O)cc(N)c4c3O)c(C)c2)ccc1N=Nc1ccc2c(S(=O)(=O)O)cc(S(=O)(=O)O)c(N)c2c1O.[Na].[Na].[Na].[Na]. The second kappa shape index (κ2) is 20.6. The molecule has 0 saturated carbocycles. The number of aryl methyl sites for hydroxylation is 2. The van der Waals surface area contributed by atoms with Crippen molar-refractivity contribution in [1.29, 1.82) is 0 Å². The third-order valence-electron chi connectivity index (χ3n) is 8.75. The average molecular weight is 965 g/mol. The van der Waals surface area contributed by atoms with E-state index >= 15 is 0 Å². The average Bonchev–Trinajstić information content (AvgIpc) is 3.09. The van der Waals surface area contributed by atoms with Crippen molar-refractivity contribution in [2.75, 3.05) is 11.5 Å². The number of anilines is 2. The number of phenols is 2. The number of benzene rings is 6. The van der Waals surface area contributed by atoms with Crippen molar-refractivity contribution in [3.8, 4) is 22.6 Å². The molecule has 0 saturated heterocycles. The Morgan fingerprint density at radius 2 is 0.952 bits per heavy atom. The maximum Gasteiger partial charge on any atom is 0.296 e. The molecular weight excluding hydrogens is 937 g/mol. The van der Waals surface area contributed by atoms with Gasteiger partial charge in [0.2, 0.25) is 0 Å². The normalized spacial score (nSPS) is 12.2. The summed E-state index contributed by atoms with van der Waals surface area (Å²) < 4.78 is 134. The molecule has 62 heavy (non-hydrogen) atoms. The largest absolute Gasteiger partial charge is 0.505 e. The summed E-state index contributed by atoms with van der Waals surface area (Å²) in [5, 5.41) is 36.7. The number of rotatable bonds is 9. The minimum atomic E-state index is -5.10. The molecule has 4 radical (unpaired) electrons. The fourth-order valence-electron chi connectivity index (χ4n) is 6.00. The second-order valence-electron chi connectivity index (χ2n) is 12.6. The van der Waals surface area contributed by atoms with Gasteiger partial charge in [0, 0.05) is 135 Å². The van der Waals surface area contributed by atoms with Gasteiger partial charge in [-0.2, -0.15) is 43.9 Å². The summed E-state index contributed by atoms with van der Waals surface area (Å²) in [5.41, 5.74) is 12.8. The van der Waals surface area contributed by atoms with Crippen LogP contribution in [-0.2, 0) is 40.5 Å². The predicted octanol–water partition coefficient (Wildman–Crippen LogP) is 5.15. The van der Waals surface area contributed by atoms with E-state index in [1.165, 1.54) is 6.07 Å². The molecule has 6 aromatic carbocycles. The van der Waals surface area contributed by atoms with E-state index in [4.69, 9.17) is 11.5 Å². The van der Waals surface area contributed by atoms with Crippen LogP contribution in [0.25, 0.3) is 32.7 Å². The van der Waals surface area contributed by atoms with Crippen molar-refractivity contribution in [3.63, 3.8) is 0 Å². The molecule has 306 valence electrons. The first-order valence-electron chi connectivity index (χ1n) is 15.9. The van der Waals surface area contributed by atoms with Crippen molar-refractivity contribution in [3.05, 3.63) is 83.9 Å². The van der Waals surface area contributed by atoms with Crippen LogP contribution >= 0.6 is 0 Å². The summed E-state index contributed by atoms with van der Waals surface area (Å²) in [6.45, 7) is 3.36. The van der Waals surface area contributed by atoms with Crippen LogP contribution in [0.1, 0.15) is 11.1 Å². The van der Waals surface area contributed by atoms with Gasteiger partial charge in [-0.25, -0.2) is 0 Å². The van der Waals surface area contributed by atoms with E-state index in [1.54, 1.807) is 44.2 Å². The number of aromatic hydroxyl groups is 2. The van der Waals surface area contributed by atoms with Crippen molar-refractivity contribution >= 4 is 214 Å². The Labute approximate surface area is 442 Å². The van der Waals surface area contributed by atoms with Crippen LogP contribution in [0.5, 0.6) is 11.5 Å². The number of hydrogen-bond donors (Lipinski definition) is 8. The zero-order valence-electron chi connectivity index (χ0n) is 33.5. The standard InChI is InChI=1S/C34H28N6O14S4.4Na/c1-15-9-17(3-6-23(15)37-39-25-8-5-21-26(56(46,47)48)14-27(57(49,50)51)31(36)30(21)33(25)41)18-4-7-24(16(2)10-18)38-40-32-28(58(52,53)54)12-19-11-20(55(43,44)45)13-22(35)29(19)34(32)42;;;;/h3-14,41-42H,35-36H2,1-2H3,(H,43,44,45)(H,46,47,48)(H,49,50,51)(H,52,53,54);;;;. The van der Waals surface area contributed by atoms with Crippen LogP contribution in [0.15, 0.2) is 113 Å². The molecule has 0 aliphatic heterocycles. The molecule has 0 heterocycles. The summed E-state index contributed by atoms with van der Waals surface area (Å²) in [7, 11) is -20.0. The summed E-state index contributed by atoms with van der Waals surface area (Å²) in [6.07, 6.45) is 0. The van der Waals surface area contributed by atoms with E-state index in [0.29, 0.717) is 34.0 Å². The molecule has 0 atom stereocenters. The Bertz CT molecular complexity index is 3320.